The molecule has 0 aromatic carbocycles. The molecule has 4 rings (SSSR count). The van der Waals surface area contributed by atoms with Crippen LogP contribution in [0.2, 0.25) is 0 Å². The number of hydrogen-bond acceptors (Lipinski definition) is 4. The van der Waals surface area contributed by atoms with Crippen LogP contribution in [0.3, 0.4) is 0 Å². The molecule has 0 N–H and O–H groups in total. The first-order valence-corrected chi connectivity index (χ1v) is 6.04. The van der Waals surface area contributed by atoms with E-state index in [0.717, 1.165) is 38.8 Å². The summed E-state index contributed by atoms with van der Waals surface area (Å²) in [6.45, 7) is 7.30. The molecule has 15 heavy (non-hydrogen) atoms. The Labute approximate surface area is 90.9 Å². The zero-order valence-electron chi connectivity index (χ0n) is 9.19. The van der Waals surface area contributed by atoms with Crippen LogP contribution in [0.25, 0.3) is 0 Å². The number of piperidine rings is 3. The van der Waals surface area contributed by atoms with E-state index in [1.165, 1.54) is 31.6 Å². The molecule has 0 saturated carbocycles. The molecule has 0 spiro atoms. The highest BCUT2D eigenvalue weighted by molar-refractivity contribution is 5.89. The highest BCUT2D eigenvalue weighted by atomic mass is 16.5. The zero-order chi connectivity index (χ0) is 10.1. The van der Waals surface area contributed by atoms with Crippen molar-refractivity contribution in [1.82, 2.24) is 9.91 Å². The number of rotatable bonds is 1. The van der Waals surface area contributed by atoms with Crippen LogP contribution in [-0.2, 0) is 4.74 Å². The summed E-state index contributed by atoms with van der Waals surface area (Å²) < 4.78 is 5.33. The maximum absolute atomic E-state index is 5.33. The molecular formula is C11H19N3O. The van der Waals surface area contributed by atoms with Gasteiger partial charge in [0.2, 0.25) is 0 Å². The van der Waals surface area contributed by atoms with Crippen molar-refractivity contribution in [3.63, 3.8) is 0 Å². The molecule has 4 heteroatoms. The first-order chi connectivity index (χ1) is 7.42. The molecule has 0 aliphatic carbocycles. The Hall–Kier alpha value is -0.610. The molecule has 0 amide bonds. The van der Waals surface area contributed by atoms with Crippen molar-refractivity contribution in [2.75, 3.05) is 45.9 Å². The van der Waals surface area contributed by atoms with Gasteiger partial charge in [0.05, 0.1) is 32.0 Å². The van der Waals surface area contributed by atoms with Crippen LogP contribution < -0.4 is 0 Å². The van der Waals surface area contributed by atoms with Crippen LogP contribution in [0.5, 0.6) is 0 Å². The van der Waals surface area contributed by atoms with Gasteiger partial charge in [-0.1, -0.05) is 0 Å². The summed E-state index contributed by atoms with van der Waals surface area (Å²) in [6, 6.07) is 0. The third-order valence-corrected chi connectivity index (χ3v) is 3.70. The fraction of sp³-hybridized carbons (Fsp3) is 0.909. The number of ether oxygens (including phenoxy) is 1. The highest BCUT2D eigenvalue weighted by Crippen LogP contribution is 2.25. The monoisotopic (exact) mass is 209 g/mol. The first kappa shape index (κ1) is 9.60. The Balaban J connectivity index is 1.67. The average Bonchev–Trinajstić information content (AvgIpc) is 2.32. The molecule has 4 heterocycles. The minimum Gasteiger partial charge on any atom is -0.378 e. The Bertz CT molecular complexity index is 253. The average molecular weight is 209 g/mol. The molecule has 0 radical (unpaired) electrons. The second-order valence-electron chi connectivity index (χ2n) is 4.71. The van der Waals surface area contributed by atoms with Crippen LogP contribution in [-0.4, -0.2) is 61.6 Å². The molecule has 4 aliphatic heterocycles. The Kier molecular flexibility index (Phi) is 2.63. The normalized spacial score (nSPS) is 38.7. The minimum absolute atomic E-state index is 0.776. The third kappa shape index (κ3) is 2.01. The van der Waals surface area contributed by atoms with Crippen molar-refractivity contribution in [1.29, 1.82) is 0 Å². The minimum atomic E-state index is 0.776. The number of morpholine rings is 1. The van der Waals surface area contributed by atoms with Gasteiger partial charge in [-0.05, 0) is 25.9 Å². The molecule has 2 bridgehead atoms. The second-order valence-corrected chi connectivity index (χ2v) is 4.71. The SMILES string of the molecule is C1CN(N=C2CN3CCC2CC3)CCO1. The van der Waals surface area contributed by atoms with E-state index in [1.54, 1.807) is 0 Å². The predicted octanol–water partition coefficient (Wildman–Crippen LogP) is 0.400. The molecule has 4 aliphatic rings. The van der Waals surface area contributed by atoms with Crippen LogP contribution in [0, 0.1) is 5.92 Å². The van der Waals surface area contributed by atoms with Gasteiger partial charge in [-0.25, -0.2) is 0 Å². The van der Waals surface area contributed by atoms with E-state index in [0.29, 0.717) is 0 Å². The largest absolute Gasteiger partial charge is 0.378 e. The predicted molar refractivity (Wildman–Crippen MR) is 59.0 cm³/mol. The van der Waals surface area contributed by atoms with E-state index in [9.17, 15) is 0 Å². The quantitative estimate of drug-likeness (QED) is 0.626. The van der Waals surface area contributed by atoms with E-state index < -0.39 is 0 Å². The van der Waals surface area contributed by atoms with Gasteiger partial charge < -0.3 is 4.74 Å². The Morgan fingerprint density at radius 2 is 1.80 bits per heavy atom. The van der Waals surface area contributed by atoms with Crippen molar-refractivity contribution in [2.45, 2.75) is 12.8 Å². The van der Waals surface area contributed by atoms with Gasteiger partial charge in [-0.15, -0.1) is 0 Å². The second kappa shape index (κ2) is 4.10. The Morgan fingerprint density at radius 1 is 1.07 bits per heavy atom. The zero-order valence-corrected chi connectivity index (χ0v) is 9.19. The summed E-state index contributed by atoms with van der Waals surface area (Å²) in [5, 5.41) is 7.00. The first-order valence-electron chi connectivity index (χ1n) is 6.04. The van der Waals surface area contributed by atoms with Gasteiger partial charge in [0.25, 0.3) is 0 Å². The van der Waals surface area contributed by atoms with Gasteiger partial charge in [0.1, 0.15) is 0 Å². The number of fused-ring (bicyclic) bond motifs is 3. The van der Waals surface area contributed by atoms with Crippen LogP contribution in [0.4, 0.5) is 0 Å². The summed E-state index contributed by atoms with van der Waals surface area (Å²) in [5.74, 6) is 0.776. The molecular weight excluding hydrogens is 190 g/mol. The van der Waals surface area contributed by atoms with E-state index in [1.807, 2.05) is 0 Å². The lowest BCUT2D eigenvalue weighted by molar-refractivity contribution is 0.0380. The fourth-order valence-corrected chi connectivity index (χ4v) is 2.73. The van der Waals surface area contributed by atoms with Crippen molar-refractivity contribution in [3.05, 3.63) is 0 Å². The molecule has 0 unspecified atom stereocenters. The lowest BCUT2D eigenvalue weighted by atomic mass is 9.87. The molecule has 84 valence electrons. The van der Waals surface area contributed by atoms with Gasteiger partial charge >= 0.3 is 0 Å². The molecule has 4 saturated heterocycles. The van der Waals surface area contributed by atoms with E-state index >= 15 is 0 Å². The number of hydrogen-bond donors (Lipinski definition) is 0. The maximum Gasteiger partial charge on any atom is 0.0659 e. The fourth-order valence-electron chi connectivity index (χ4n) is 2.73. The molecule has 0 aromatic heterocycles. The van der Waals surface area contributed by atoms with E-state index in [4.69, 9.17) is 9.84 Å². The van der Waals surface area contributed by atoms with Gasteiger partial charge in [-0.3, -0.25) is 9.91 Å². The van der Waals surface area contributed by atoms with Gasteiger partial charge in [0, 0.05) is 12.5 Å². The van der Waals surface area contributed by atoms with E-state index in [-0.39, 0.29) is 0 Å². The van der Waals surface area contributed by atoms with Gasteiger partial charge in [0.15, 0.2) is 0 Å². The smallest absolute Gasteiger partial charge is 0.0659 e. The molecule has 4 fully saturated rings. The standard InChI is InChI=1S/C11H19N3O/c1-3-13-4-2-10(1)11(9-13)12-14-5-7-15-8-6-14/h10H,1-9H2. The molecule has 0 aromatic rings. The number of hydrazone groups is 1. The summed E-state index contributed by atoms with van der Waals surface area (Å²) in [5.41, 5.74) is 1.43. The lowest BCUT2D eigenvalue weighted by Crippen LogP contribution is -2.49. The van der Waals surface area contributed by atoms with Crippen molar-refractivity contribution >= 4 is 5.71 Å². The molecule has 4 nitrogen and oxygen atoms in total. The lowest BCUT2D eigenvalue weighted by Gasteiger charge is -2.40. The van der Waals surface area contributed by atoms with Crippen LogP contribution in [0.15, 0.2) is 5.10 Å². The summed E-state index contributed by atoms with van der Waals surface area (Å²) >= 11 is 0. The highest BCUT2D eigenvalue weighted by Gasteiger charge is 2.31. The molecule has 0 atom stereocenters. The Morgan fingerprint density at radius 3 is 2.40 bits per heavy atom. The topological polar surface area (TPSA) is 28.1 Å². The van der Waals surface area contributed by atoms with Crippen molar-refractivity contribution < 1.29 is 4.74 Å². The summed E-state index contributed by atoms with van der Waals surface area (Å²) in [4.78, 5) is 2.53. The third-order valence-electron chi connectivity index (χ3n) is 3.70. The van der Waals surface area contributed by atoms with Gasteiger partial charge in [-0.2, -0.15) is 5.10 Å². The summed E-state index contributed by atoms with van der Waals surface area (Å²) in [7, 11) is 0. The van der Waals surface area contributed by atoms with Crippen molar-refractivity contribution in [2.24, 2.45) is 11.0 Å². The van der Waals surface area contributed by atoms with Crippen LogP contribution in [0.1, 0.15) is 12.8 Å². The number of nitrogens with zero attached hydrogens (tertiary/aromatic N) is 3. The van der Waals surface area contributed by atoms with Crippen LogP contribution >= 0.6 is 0 Å². The maximum atomic E-state index is 5.33. The van der Waals surface area contributed by atoms with E-state index in [2.05, 4.69) is 9.91 Å². The van der Waals surface area contributed by atoms with Crippen molar-refractivity contribution in [3.8, 4) is 0 Å². The summed E-state index contributed by atoms with van der Waals surface area (Å²) in [6.07, 6.45) is 2.65.